The average Bonchev–Trinajstić information content (AvgIpc) is 2.95. The number of amides is 1. The van der Waals surface area contributed by atoms with Crippen LogP contribution in [0.1, 0.15) is 35.0 Å². The zero-order valence-corrected chi connectivity index (χ0v) is 14.3. The summed E-state index contributed by atoms with van der Waals surface area (Å²) in [6.07, 6.45) is 2.22. The summed E-state index contributed by atoms with van der Waals surface area (Å²) < 4.78 is 0. The van der Waals surface area contributed by atoms with Crippen LogP contribution in [0.4, 0.5) is 0 Å². The lowest BCUT2D eigenvalue weighted by atomic mass is 9.99. The van der Waals surface area contributed by atoms with E-state index < -0.39 is 0 Å². The highest BCUT2D eigenvalue weighted by Crippen LogP contribution is 2.29. The van der Waals surface area contributed by atoms with Gasteiger partial charge >= 0.3 is 0 Å². The van der Waals surface area contributed by atoms with Crippen molar-refractivity contribution in [2.45, 2.75) is 26.7 Å². The summed E-state index contributed by atoms with van der Waals surface area (Å²) in [6.45, 7) is 6.11. The first-order valence-electron chi connectivity index (χ1n) is 8.20. The highest BCUT2D eigenvalue weighted by Gasteiger charge is 2.23. The van der Waals surface area contributed by atoms with Crippen LogP contribution in [0.3, 0.4) is 0 Å². The molecule has 0 unspecified atom stereocenters. The molecule has 0 aliphatic carbocycles. The van der Waals surface area contributed by atoms with E-state index in [9.17, 15) is 4.79 Å². The van der Waals surface area contributed by atoms with Crippen LogP contribution in [0.2, 0.25) is 0 Å². The lowest BCUT2D eigenvalue weighted by Crippen LogP contribution is -2.37. The Morgan fingerprint density at radius 2 is 1.96 bits per heavy atom. The number of aryl methyl sites for hydroxylation is 1. The van der Waals surface area contributed by atoms with Crippen molar-refractivity contribution < 1.29 is 4.79 Å². The van der Waals surface area contributed by atoms with Crippen molar-refractivity contribution in [2.75, 3.05) is 13.1 Å². The van der Waals surface area contributed by atoms with Crippen LogP contribution in [0, 0.1) is 12.8 Å². The van der Waals surface area contributed by atoms with Gasteiger partial charge in [0.1, 0.15) is 4.83 Å². The van der Waals surface area contributed by atoms with Crippen LogP contribution >= 0.6 is 11.3 Å². The Kier molecular flexibility index (Phi) is 3.57. The van der Waals surface area contributed by atoms with Gasteiger partial charge in [-0.3, -0.25) is 4.79 Å². The molecule has 118 valence electrons. The summed E-state index contributed by atoms with van der Waals surface area (Å²) in [5.74, 6) is 0.900. The summed E-state index contributed by atoms with van der Waals surface area (Å²) in [5, 5.41) is 2.21. The van der Waals surface area contributed by atoms with Gasteiger partial charge in [-0.1, -0.05) is 18.6 Å². The van der Waals surface area contributed by atoms with Gasteiger partial charge in [0.15, 0.2) is 0 Å². The van der Waals surface area contributed by atoms with E-state index in [1.807, 2.05) is 11.0 Å². The van der Waals surface area contributed by atoms with E-state index in [0.717, 1.165) is 57.8 Å². The molecule has 1 aliphatic rings. The third-order valence-electron chi connectivity index (χ3n) is 4.74. The van der Waals surface area contributed by atoms with E-state index in [4.69, 9.17) is 4.98 Å². The van der Waals surface area contributed by atoms with Crippen molar-refractivity contribution in [3.8, 4) is 0 Å². The highest BCUT2D eigenvalue weighted by atomic mass is 32.1. The second-order valence-corrected chi connectivity index (χ2v) is 7.69. The fourth-order valence-electron chi connectivity index (χ4n) is 3.23. The number of carbonyl (C=O) groups is 1. The second kappa shape index (κ2) is 5.60. The summed E-state index contributed by atoms with van der Waals surface area (Å²) in [5.41, 5.74) is 2.23. The second-order valence-electron chi connectivity index (χ2n) is 6.66. The summed E-state index contributed by atoms with van der Waals surface area (Å²) >= 11 is 1.52. The molecule has 3 heterocycles. The Hall–Kier alpha value is -1.94. The zero-order valence-electron chi connectivity index (χ0n) is 13.5. The third-order valence-corrected chi connectivity index (χ3v) is 5.77. The zero-order chi connectivity index (χ0) is 16.0. The van der Waals surface area contributed by atoms with Gasteiger partial charge in [0.25, 0.3) is 5.91 Å². The molecule has 23 heavy (non-hydrogen) atoms. The fourth-order valence-corrected chi connectivity index (χ4v) is 4.22. The monoisotopic (exact) mass is 324 g/mol. The number of aromatic nitrogens is 1. The third kappa shape index (κ3) is 2.72. The number of fused-ring (bicyclic) bond motifs is 2. The summed E-state index contributed by atoms with van der Waals surface area (Å²) in [7, 11) is 0. The Morgan fingerprint density at radius 1 is 1.17 bits per heavy atom. The van der Waals surface area contributed by atoms with Crippen molar-refractivity contribution in [3.05, 3.63) is 40.8 Å². The number of carbonyl (C=O) groups excluding carboxylic acids is 1. The Bertz CT molecular complexity index is 891. The van der Waals surface area contributed by atoms with Crippen molar-refractivity contribution in [1.82, 2.24) is 9.88 Å². The molecule has 3 nitrogen and oxygen atoms in total. The lowest BCUT2D eigenvalue weighted by Gasteiger charge is -2.29. The van der Waals surface area contributed by atoms with Gasteiger partial charge in [-0.15, -0.1) is 11.3 Å². The minimum absolute atomic E-state index is 0.167. The fraction of sp³-hybridized carbons (Fsp3) is 0.368. The molecule has 0 spiro atoms. The van der Waals surface area contributed by atoms with Crippen molar-refractivity contribution in [3.63, 3.8) is 0 Å². The largest absolute Gasteiger partial charge is 0.338 e. The summed E-state index contributed by atoms with van der Waals surface area (Å²) in [6, 6.07) is 10.4. The summed E-state index contributed by atoms with van der Waals surface area (Å²) in [4.78, 5) is 21.2. The van der Waals surface area contributed by atoms with Crippen LogP contribution in [0.25, 0.3) is 21.1 Å². The van der Waals surface area contributed by atoms with E-state index >= 15 is 0 Å². The minimum Gasteiger partial charge on any atom is -0.338 e. The predicted molar refractivity (Wildman–Crippen MR) is 96.2 cm³/mol. The number of rotatable bonds is 1. The maximum atomic E-state index is 12.7. The molecule has 0 radical (unpaired) electrons. The average molecular weight is 324 g/mol. The van der Waals surface area contributed by atoms with E-state index in [1.165, 1.54) is 16.9 Å². The molecule has 1 saturated heterocycles. The van der Waals surface area contributed by atoms with Gasteiger partial charge in [-0.05, 0) is 49.9 Å². The van der Waals surface area contributed by atoms with Crippen LogP contribution in [0.15, 0.2) is 30.3 Å². The first-order valence-corrected chi connectivity index (χ1v) is 9.02. The van der Waals surface area contributed by atoms with Gasteiger partial charge < -0.3 is 4.90 Å². The van der Waals surface area contributed by atoms with Crippen LogP contribution in [-0.4, -0.2) is 28.9 Å². The number of hydrogen-bond acceptors (Lipinski definition) is 3. The first-order chi connectivity index (χ1) is 11.1. The van der Waals surface area contributed by atoms with Crippen LogP contribution in [0.5, 0.6) is 0 Å². The van der Waals surface area contributed by atoms with E-state index in [0.29, 0.717) is 0 Å². The molecule has 1 aliphatic heterocycles. The molecule has 4 rings (SSSR count). The van der Waals surface area contributed by atoms with Crippen molar-refractivity contribution in [1.29, 1.82) is 0 Å². The number of nitrogens with zero attached hydrogens (tertiary/aromatic N) is 2. The molecule has 1 amide bonds. The van der Waals surface area contributed by atoms with Gasteiger partial charge in [-0.25, -0.2) is 4.98 Å². The standard InChI is InChI=1S/C19H20N2OS/c1-12-5-7-21(8-6-12)19(22)17-11-15-10-14-9-13(2)3-4-16(14)20-18(15)23-17/h3-4,9-12H,5-8H2,1-2H3. The minimum atomic E-state index is 0.167. The number of hydrogen-bond donors (Lipinski definition) is 0. The van der Waals surface area contributed by atoms with Crippen LogP contribution in [-0.2, 0) is 0 Å². The topological polar surface area (TPSA) is 33.2 Å². The number of likely N-dealkylation sites (tertiary alicyclic amines) is 1. The molecule has 1 aromatic carbocycles. The molecular formula is C19H20N2OS. The van der Waals surface area contributed by atoms with Crippen molar-refractivity contribution >= 4 is 38.4 Å². The molecule has 0 atom stereocenters. The Morgan fingerprint density at radius 3 is 2.74 bits per heavy atom. The quantitative estimate of drug-likeness (QED) is 0.654. The molecule has 1 fully saturated rings. The van der Waals surface area contributed by atoms with Gasteiger partial charge in [0.05, 0.1) is 10.4 Å². The number of pyridine rings is 1. The van der Waals surface area contributed by atoms with Crippen LogP contribution < -0.4 is 0 Å². The van der Waals surface area contributed by atoms with Crippen molar-refractivity contribution in [2.24, 2.45) is 5.92 Å². The van der Waals surface area contributed by atoms with E-state index in [1.54, 1.807) is 0 Å². The highest BCUT2D eigenvalue weighted by molar-refractivity contribution is 7.20. The first kappa shape index (κ1) is 14.6. The van der Waals surface area contributed by atoms with Gasteiger partial charge in [-0.2, -0.15) is 0 Å². The van der Waals surface area contributed by atoms with E-state index in [2.05, 4.69) is 38.1 Å². The molecular weight excluding hydrogens is 304 g/mol. The molecule has 0 bridgehead atoms. The van der Waals surface area contributed by atoms with Gasteiger partial charge in [0, 0.05) is 23.9 Å². The lowest BCUT2D eigenvalue weighted by molar-refractivity contribution is 0.0702. The molecule has 4 heteroatoms. The van der Waals surface area contributed by atoms with Gasteiger partial charge in [0.2, 0.25) is 0 Å². The SMILES string of the molecule is Cc1ccc2nc3sc(C(=O)N4CCC(C)CC4)cc3cc2c1. The Labute approximate surface area is 139 Å². The molecule has 2 aromatic heterocycles. The normalized spacial score (nSPS) is 16.3. The smallest absolute Gasteiger partial charge is 0.264 e. The van der Waals surface area contributed by atoms with E-state index in [-0.39, 0.29) is 5.91 Å². The molecule has 0 saturated carbocycles. The predicted octanol–water partition coefficient (Wildman–Crippen LogP) is 4.63. The number of benzene rings is 1. The molecule has 0 N–H and O–H groups in total. The molecule has 3 aromatic rings. The maximum Gasteiger partial charge on any atom is 0.264 e. The Balaban J connectivity index is 1.70. The number of piperidine rings is 1. The number of thiophene rings is 1. The maximum absolute atomic E-state index is 12.7.